The van der Waals surface area contributed by atoms with Crippen LogP contribution < -0.4 is 14.9 Å². The highest BCUT2D eigenvalue weighted by Crippen LogP contribution is 2.32. The van der Waals surface area contributed by atoms with Gasteiger partial charge in [-0.15, -0.1) is 0 Å². The molecule has 4 rings (SSSR count). The lowest BCUT2D eigenvalue weighted by molar-refractivity contribution is 0.0955. The lowest BCUT2D eigenvalue weighted by Crippen LogP contribution is -2.19. The van der Waals surface area contributed by atoms with E-state index in [9.17, 15) is 4.79 Å². The van der Waals surface area contributed by atoms with Crippen LogP contribution in [0.15, 0.2) is 41.5 Å². The fraction of sp³-hybridized carbons (Fsp3) is 0.250. The van der Waals surface area contributed by atoms with Gasteiger partial charge in [-0.2, -0.15) is 5.10 Å². The molecule has 1 N–H and O–H groups in total. The molecule has 0 spiro atoms. The molecular weight excluding hydrogens is 344 g/mol. The third kappa shape index (κ3) is 3.12. The van der Waals surface area contributed by atoms with Crippen molar-refractivity contribution in [2.24, 2.45) is 5.10 Å². The fourth-order valence-electron chi connectivity index (χ4n) is 3.18. The number of nitrogens with one attached hydrogen (secondary N) is 1. The van der Waals surface area contributed by atoms with Crippen molar-refractivity contribution in [2.75, 3.05) is 6.79 Å². The summed E-state index contributed by atoms with van der Waals surface area (Å²) in [5.74, 6) is 2.05. The summed E-state index contributed by atoms with van der Waals surface area (Å²) < 4.78 is 12.8. The highest BCUT2D eigenvalue weighted by molar-refractivity contribution is 6.02. The number of rotatable bonds is 4. The van der Waals surface area contributed by atoms with Gasteiger partial charge in [-0.25, -0.2) is 10.4 Å². The summed E-state index contributed by atoms with van der Waals surface area (Å²) in [6, 6.07) is 11.1. The normalized spacial score (nSPS) is 13.2. The van der Waals surface area contributed by atoms with Crippen LogP contribution in [0, 0.1) is 6.92 Å². The second kappa shape index (κ2) is 6.75. The maximum Gasteiger partial charge on any atom is 0.271 e. The molecule has 0 aliphatic carbocycles. The van der Waals surface area contributed by atoms with Gasteiger partial charge in [-0.05, 0) is 57.2 Å². The average Bonchev–Trinajstić information content (AvgIpc) is 3.27. The van der Waals surface area contributed by atoms with Gasteiger partial charge in [0.1, 0.15) is 5.82 Å². The number of carbonyl (C=O) groups is 1. The first-order valence-corrected chi connectivity index (χ1v) is 8.78. The number of benzene rings is 2. The van der Waals surface area contributed by atoms with Crippen molar-refractivity contribution < 1.29 is 14.3 Å². The lowest BCUT2D eigenvalue weighted by Gasteiger charge is -2.05. The van der Waals surface area contributed by atoms with Gasteiger partial charge in [-0.3, -0.25) is 4.79 Å². The van der Waals surface area contributed by atoms with Crippen LogP contribution >= 0.6 is 0 Å². The van der Waals surface area contributed by atoms with Crippen molar-refractivity contribution in [3.8, 4) is 11.5 Å². The molecule has 1 aliphatic rings. The summed E-state index contributed by atoms with van der Waals surface area (Å²) >= 11 is 0. The van der Waals surface area contributed by atoms with Gasteiger partial charge in [0.25, 0.3) is 5.91 Å². The Bertz CT molecular complexity index is 1070. The third-order valence-electron chi connectivity index (χ3n) is 4.63. The molecule has 0 atom stereocenters. The first-order valence-electron chi connectivity index (χ1n) is 8.78. The molecule has 27 heavy (non-hydrogen) atoms. The highest BCUT2D eigenvalue weighted by atomic mass is 16.7. The summed E-state index contributed by atoms with van der Waals surface area (Å²) in [5.41, 5.74) is 6.48. The van der Waals surface area contributed by atoms with E-state index < -0.39 is 0 Å². The van der Waals surface area contributed by atoms with Crippen LogP contribution in [0.1, 0.15) is 35.6 Å². The first kappa shape index (κ1) is 17.1. The Morgan fingerprint density at radius 1 is 1.19 bits per heavy atom. The minimum Gasteiger partial charge on any atom is -0.454 e. The van der Waals surface area contributed by atoms with Crippen LogP contribution in [0.25, 0.3) is 11.0 Å². The van der Waals surface area contributed by atoms with Gasteiger partial charge in [0.05, 0.1) is 16.7 Å². The number of nitrogens with zero attached hydrogens (tertiary/aromatic N) is 3. The molecule has 1 aromatic heterocycles. The van der Waals surface area contributed by atoms with E-state index in [1.54, 1.807) is 12.1 Å². The van der Waals surface area contributed by atoms with Crippen LogP contribution in [-0.4, -0.2) is 28.0 Å². The molecule has 7 heteroatoms. The average molecular weight is 364 g/mol. The van der Waals surface area contributed by atoms with E-state index in [4.69, 9.17) is 9.47 Å². The number of hydrogen-bond donors (Lipinski definition) is 1. The third-order valence-corrected chi connectivity index (χ3v) is 4.63. The van der Waals surface area contributed by atoms with E-state index >= 15 is 0 Å². The van der Waals surface area contributed by atoms with Crippen molar-refractivity contribution >= 4 is 22.7 Å². The second-order valence-electron chi connectivity index (χ2n) is 6.31. The van der Waals surface area contributed by atoms with Crippen LogP contribution in [0.2, 0.25) is 0 Å². The zero-order valence-electron chi connectivity index (χ0n) is 15.4. The van der Waals surface area contributed by atoms with Crippen LogP contribution in [0.5, 0.6) is 11.5 Å². The predicted octanol–water partition coefficient (Wildman–Crippen LogP) is 3.25. The highest BCUT2D eigenvalue weighted by Gasteiger charge is 2.15. The Kier molecular flexibility index (Phi) is 4.27. The lowest BCUT2D eigenvalue weighted by atomic mass is 10.1. The van der Waals surface area contributed by atoms with E-state index in [0.29, 0.717) is 22.8 Å². The molecule has 3 aromatic rings. The van der Waals surface area contributed by atoms with Gasteiger partial charge < -0.3 is 14.0 Å². The van der Waals surface area contributed by atoms with Gasteiger partial charge in [0.2, 0.25) is 6.79 Å². The van der Waals surface area contributed by atoms with Gasteiger partial charge in [0.15, 0.2) is 11.5 Å². The molecule has 2 aromatic carbocycles. The largest absolute Gasteiger partial charge is 0.454 e. The summed E-state index contributed by atoms with van der Waals surface area (Å²) in [6.45, 7) is 6.92. The van der Waals surface area contributed by atoms with E-state index in [1.165, 1.54) is 0 Å². The standard InChI is InChI=1S/C20H20N4O3/c1-4-24-13(3)21-16-9-15(5-7-17(16)24)20(25)23-22-12(2)14-6-8-18-19(10-14)27-11-26-18/h5-10H,4,11H2,1-3H3,(H,23,25)/b22-12+. The second-order valence-corrected chi connectivity index (χ2v) is 6.31. The van der Waals surface area contributed by atoms with Gasteiger partial charge >= 0.3 is 0 Å². The zero-order valence-corrected chi connectivity index (χ0v) is 15.4. The zero-order chi connectivity index (χ0) is 19.0. The minimum atomic E-state index is -0.277. The van der Waals surface area contributed by atoms with Crippen molar-refractivity contribution in [3.63, 3.8) is 0 Å². The summed E-state index contributed by atoms with van der Waals surface area (Å²) in [4.78, 5) is 17.0. The molecule has 1 aliphatic heterocycles. The smallest absolute Gasteiger partial charge is 0.271 e. The van der Waals surface area contributed by atoms with Crippen LogP contribution in [-0.2, 0) is 6.54 Å². The molecule has 0 saturated carbocycles. The number of fused-ring (bicyclic) bond motifs is 2. The molecule has 0 fully saturated rings. The Balaban J connectivity index is 1.53. The summed E-state index contributed by atoms with van der Waals surface area (Å²) in [6.07, 6.45) is 0. The van der Waals surface area contributed by atoms with E-state index in [2.05, 4.69) is 27.0 Å². The summed E-state index contributed by atoms with van der Waals surface area (Å²) in [5, 5.41) is 4.21. The van der Waals surface area contributed by atoms with E-state index in [0.717, 1.165) is 29.0 Å². The number of ether oxygens (including phenoxy) is 2. The van der Waals surface area contributed by atoms with Crippen molar-refractivity contribution in [1.29, 1.82) is 0 Å². The predicted molar refractivity (Wildman–Crippen MR) is 102 cm³/mol. The van der Waals surface area contributed by atoms with Crippen molar-refractivity contribution in [2.45, 2.75) is 27.3 Å². The number of aromatic nitrogens is 2. The monoisotopic (exact) mass is 364 g/mol. The molecule has 1 amide bonds. The SMILES string of the molecule is CCn1c(C)nc2cc(C(=O)N/N=C(\C)c3ccc4c(c3)OCO4)ccc21. The van der Waals surface area contributed by atoms with Gasteiger partial charge in [-0.1, -0.05) is 0 Å². The Morgan fingerprint density at radius 3 is 2.78 bits per heavy atom. The summed E-state index contributed by atoms with van der Waals surface area (Å²) in [7, 11) is 0. The number of amides is 1. The molecule has 0 bridgehead atoms. The van der Waals surface area contributed by atoms with Gasteiger partial charge in [0, 0.05) is 17.7 Å². The Hall–Kier alpha value is -3.35. The fourth-order valence-corrected chi connectivity index (χ4v) is 3.18. The first-order chi connectivity index (χ1) is 13.1. The number of aryl methyl sites for hydroxylation is 2. The number of imidazole rings is 1. The number of carbonyl (C=O) groups excluding carboxylic acids is 1. The topological polar surface area (TPSA) is 77.7 Å². The molecule has 0 saturated heterocycles. The minimum absolute atomic E-state index is 0.224. The molecule has 138 valence electrons. The maximum atomic E-state index is 12.5. The quantitative estimate of drug-likeness (QED) is 0.569. The molecule has 0 unspecified atom stereocenters. The Labute approximate surface area is 156 Å². The van der Waals surface area contributed by atoms with Crippen LogP contribution in [0.4, 0.5) is 0 Å². The van der Waals surface area contributed by atoms with Crippen molar-refractivity contribution in [1.82, 2.24) is 15.0 Å². The number of hydrogen-bond acceptors (Lipinski definition) is 5. The molecule has 7 nitrogen and oxygen atoms in total. The maximum absolute atomic E-state index is 12.5. The number of hydrazone groups is 1. The van der Waals surface area contributed by atoms with E-state index in [1.807, 2.05) is 38.1 Å². The van der Waals surface area contributed by atoms with Crippen molar-refractivity contribution in [3.05, 3.63) is 53.3 Å². The molecule has 2 heterocycles. The van der Waals surface area contributed by atoms with E-state index in [-0.39, 0.29) is 12.7 Å². The molecular formula is C20H20N4O3. The molecule has 0 radical (unpaired) electrons. The van der Waals surface area contributed by atoms with Crippen LogP contribution in [0.3, 0.4) is 0 Å². The Morgan fingerprint density at radius 2 is 1.96 bits per heavy atom.